The van der Waals surface area contributed by atoms with Crippen molar-refractivity contribution < 1.29 is 0 Å². The average molecular weight is 311 g/mol. The highest BCUT2D eigenvalue weighted by Gasteiger charge is 2.11. The van der Waals surface area contributed by atoms with Crippen LogP contribution < -0.4 is 10.9 Å². The summed E-state index contributed by atoms with van der Waals surface area (Å²) in [4.78, 5) is 19.5. The van der Waals surface area contributed by atoms with E-state index in [9.17, 15) is 4.79 Å². The molecular weight excluding hydrogens is 290 g/mol. The van der Waals surface area contributed by atoms with Gasteiger partial charge in [-0.1, -0.05) is 32.0 Å². The summed E-state index contributed by atoms with van der Waals surface area (Å²) in [7, 11) is 0. The van der Waals surface area contributed by atoms with Gasteiger partial charge in [-0.2, -0.15) is 10.1 Å². The van der Waals surface area contributed by atoms with Crippen molar-refractivity contribution in [3.05, 3.63) is 46.9 Å². The maximum atomic E-state index is 12.2. The van der Waals surface area contributed by atoms with Crippen LogP contribution in [0.3, 0.4) is 0 Å². The van der Waals surface area contributed by atoms with Crippen LogP contribution in [0.15, 0.2) is 41.3 Å². The van der Waals surface area contributed by atoms with Crippen LogP contribution >= 0.6 is 0 Å². The molecule has 0 aliphatic heterocycles. The molecule has 1 aromatic carbocycles. The number of benzene rings is 1. The van der Waals surface area contributed by atoms with E-state index >= 15 is 0 Å². The minimum atomic E-state index is -0.177. The largest absolute Gasteiger partial charge is 0.356 e. The molecule has 0 spiro atoms. The molecular formula is C17H21N5O. The van der Waals surface area contributed by atoms with E-state index in [-0.39, 0.29) is 5.56 Å². The van der Waals surface area contributed by atoms with Crippen molar-refractivity contribution in [3.63, 3.8) is 0 Å². The Kier molecular flexibility index (Phi) is 4.41. The van der Waals surface area contributed by atoms with Crippen LogP contribution in [0.2, 0.25) is 0 Å². The van der Waals surface area contributed by atoms with E-state index in [1.165, 1.54) is 0 Å². The number of nitrogens with zero attached hydrogens (tertiary/aromatic N) is 3. The first kappa shape index (κ1) is 15.3. The lowest BCUT2D eigenvalue weighted by molar-refractivity contribution is 0.566. The van der Waals surface area contributed by atoms with Gasteiger partial charge < -0.3 is 5.32 Å². The first-order chi connectivity index (χ1) is 11.1. The fourth-order valence-electron chi connectivity index (χ4n) is 2.48. The molecule has 2 N–H and O–H groups in total. The van der Waals surface area contributed by atoms with Crippen LogP contribution in [0.1, 0.15) is 26.7 Å². The van der Waals surface area contributed by atoms with Gasteiger partial charge in [-0.3, -0.25) is 9.78 Å². The topological polar surface area (TPSA) is 75.6 Å². The first-order valence-electron chi connectivity index (χ1n) is 7.92. The fraction of sp³-hybridized carbons (Fsp3) is 0.353. The van der Waals surface area contributed by atoms with E-state index in [1.54, 1.807) is 10.9 Å². The van der Waals surface area contributed by atoms with Crippen LogP contribution in [-0.4, -0.2) is 26.3 Å². The third kappa shape index (κ3) is 3.41. The molecule has 2 heterocycles. The molecule has 0 bridgehead atoms. The summed E-state index contributed by atoms with van der Waals surface area (Å²) in [5, 5.41) is 7.97. The minimum Gasteiger partial charge on any atom is -0.356 e. The number of hydrogen-bond acceptors (Lipinski definition) is 4. The Balaban J connectivity index is 1.89. The molecule has 2 aromatic heterocycles. The number of aromatic amines is 1. The molecule has 3 rings (SSSR count). The van der Waals surface area contributed by atoms with Crippen molar-refractivity contribution in [1.29, 1.82) is 0 Å². The Morgan fingerprint density at radius 1 is 1.26 bits per heavy atom. The minimum absolute atomic E-state index is 0.177. The number of H-pyrrole nitrogens is 1. The van der Waals surface area contributed by atoms with Crippen molar-refractivity contribution in [3.8, 4) is 5.69 Å². The number of nitrogens with one attached hydrogen (secondary N) is 2. The SMILES string of the molecule is CC(C)CCCNc1nc2c(cnn2-c2ccccc2)c(=O)[nH]1. The van der Waals surface area contributed by atoms with Gasteiger partial charge >= 0.3 is 0 Å². The third-order valence-electron chi connectivity index (χ3n) is 3.69. The summed E-state index contributed by atoms with van der Waals surface area (Å²) in [5.74, 6) is 1.16. The molecule has 0 saturated heterocycles. The summed E-state index contributed by atoms with van der Waals surface area (Å²) in [6.07, 6.45) is 3.73. The Morgan fingerprint density at radius 3 is 2.78 bits per heavy atom. The predicted molar refractivity (Wildman–Crippen MR) is 92.0 cm³/mol. The normalized spacial score (nSPS) is 11.3. The van der Waals surface area contributed by atoms with E-state index in [4.69, 9.17) is 0 Å². The van der Waals surface area contributed by atoms with E-state index in [1.807, 2.05) is 30.3 Å². The number of anilines is 1. The van der Waals surface area contributed by atoms with Crippen LogP contribution in [0.25, 0.3) is 16.7 Å². The molecule has 0 aliphatic carbocycles. The van der Waals surface area contributed by atoms with Crippen LogP contribution in [0.4, 0.5) is 5.95 Å². The number of rotatable bonds is 6. The Bertz CT molecular complexity index is 835. The van der Waals surface area contributed by atoms with Gasteiger partial charge in [0.1, 0.15) is 5.39 Å². The second kappa shape index (κ2) is 6.64. The van der Waals surface area contributed by atoms with E-state index in [0.29, 0.717) is 22.9 Å². The predicted octanol–water partition coefficient (Wildman–Crippen LogP) is 2.96. The molecule has 6 nitrogen and oxygen atoms in total. The molecule has 0 atom stereocenters. The standard InChI is InChI=1S/C17H21N5O/c1-12(2)7-6-10-18-17-20-15-14(16(23)21-17)11-19-22(15)13-8-4-3-5-9-13/h3-5,8-9,11-12H,6-7,10H2,1-2H3,(H2,18,20,21,23). The highest BCUT2D eigenvalue weighted by Crippen LogP contribution is 2.14. The maximum Gasteiger partial charge on any atom is 0.263 e. The Labute approximate surface area is 134 Å². The van der Waals surface area contributed by atoms with E-state index < -0.39 is 0 Å². The van der Waals surface area contributed by atoms with Crippen molar-refractivity contribution in [2.75, 3.05) is 11.9 Å². The van der Waals surface area contributed by atoms with Gasteiger partial charge in [-0.25, -0.2) is 4.68 Å². The van der Waals surface area contributed by atoms with Gasteiger partial charge in [-0.15, -0.1) is 0 Å². The quantitative estimate of drug-likeness (QED) is 0.686. The van der Waals surface area contributed by atoms with Gasteiger partial charge in [0.2, 0.25) is 5.95 Å². The summed E-state index contributed by atoms with van der Waals surface area (Å²) >= 11 is 0. The highest BCUT2D eigenvalue weighted by atomic mass is 16.1. The highest BCUT2D eigenvalue weighted by molar-refractivity contribution is 5.76. The summed E-state index contributed by atoms with van der Waals surface area (Å²) in [6, 6.07) is 9.68. The lowest BCUT2D eigenvalue weighted by Crippen LogP contribution is -2.14. The third-order valence-corrected chi connectivity index (χ3v) is 3.69. The second-order valence-electron chi connectivity index (χ2n) is 6.01. The molecule has 6 heteroatoms. The van der Waals surface area contributed by atoms with Crippen molar-refractivity contribution in [2.24, 2.45) is 5.92 Å². The van der Waals surface area contributed by atoms with Crippen molar-refractivity contribution in [2.45, 2.75) is 26.7 Å². The molecule has 120 valence electrons. The number of para-hydroxylation sites is 1. The van der Waals surface area contributed by atoms with Gasteiger partial charge in [0.25, 0.3) is 5.56 Å². The van der Waals surface area contributed by atoms with Crippen molar-refractivity contribution in [1.82, 2.24) is 19.7 Å². The lowest BCUT2D eigenvalue weighted by Gasteiger charge is -2.08. The molecule has 23 heavy (non-hydrogen) atoms. The van der Waals surface area contributed by atoms with Crippen molar-refractivity contribution >= 4 is 17.0 Å². The molecule has 0 fully saturated rings. The van der Waals surface area contributed by atoms with Crippen LogP contribution in [0, 0.1) is 5.92 Å². The first-order valence-corrected chi connectivity index (χ1v) is 7.92. The van der Waals surface area contributed by atoms with E-state index in [2.05, 4.69) is 34.2 Å². The summed E-state index contributed by atoms with van der Waals surface area (Å²) in [6.45, 7) is 5.18. The molecule has 0 unspecified atom stereocenters. The monoisotopic (exact) mass is 311 g/mol. The molecule has 0 radical (unpaired) electrons. The Hall–Kier alpha value is -2.63. The average Bonchev–Trinajstić information content (AvgIpc) is 2.97. The number of aromatic nitrogens is 4. The summed E-state index contributed by atoms with van der Waals surface area (Å²) < 4.78 is 1.68. The zero-order valence-corrected chi connectivity index (χ0v) is 13.4. The van der Waals surface area contributed by atoms with Gasteiger partial charge in [0, 0.05) is 6.54 Å². The zero-order valence-electron chi connectivity index (χ0n) is 13.4. The van der Waals surface area contributed by atoms with Crippen LogP contribution in [-0.2, 0) is 0 Å². The molecule has 0 aliphatic rings. The smallest absolute Gasteiger partial charge is 0.263 e. The molecule has 3 aromatic rings. The van der Waals surface area contributed by atoms with Gasteiger partial charge in [-0.05, 0) is 30.9 Å². The lowest BCUT2D eigenvalue weighted by atomic mass is 10.1. The fourth-order valence-corrected chi connectivity index (χ4v) is 2.48. The number of hydrogen-bond donors (Lipinski definition) is 2. The summed E-state index contributed by atoms with van der Waals surface area (Å²) in [5.41, 5.74) is 1.27. The second-order valence-corrected chi connectivity index (χ2v) is 6.01. The Morgan fingerprint density at radius 2 is 2.04 bits per heavy atom. The van der Waals surface area contributed by atoms with Gasteiger partial charge in [0.15, 0.2) is 5.65 Å². The van der Waals surface area contributed by atoms with Crippen LogP contribution in [0.5, 0.6) is 0 Å². The number of fused-ring (bicyclic) bond motifs is 1. The molecule has 0 amide bonds. The molecule has 0 saturated carbocycles. The van der Waals surface area contributed by atoms with Gasteiger partial charge in [0.05, 0.1) is 11.9 Å². The van der Waals surface area contributed by atoms with E-state index in [0.717, 1.165) is 25.1 Å². The maximum absolute atomic E-state index is 12.2. The zero-order chi connectivity index (χ0) is 16.2.